The van der Waals surface area contributed by atoms with Crippen LogP contribution >= 0.6 is 11.8 Å². The van der Waals surface area contributed by atoms with Crippen LogP contribution in [0.4, 0.5) is 5.69 Å². The van der Waals surface area contributed by atoms with Gasteiger partial charge in [-0.3, -0.25) is 19.0 Å². The molecule has 0 spiro atoms. The van der Waals surface area contributed by atoms with E-state index in [1.54, 1.807) is 47.9 Å². The van der Waals surface area contributed by atoms with Crippen LogP contribution < -0.4 is 10.9 Å². The Balaban J connectivity index is 1.87. The summed E-state index contributed by atoms with van der Waals surface area (Å²) >= 11 is 1.24. The maximum atomic E-state index is 12.9. The lowest BCUT2D eigenvalue weighted by molar-refractivity contribution is -0.115. The van der Waals surface area contributed by atoms with Gasteiger partial charge in [-0.25, -0.2) is 4.98 Å². The number of nitrogens with zero attached hydrogens (tertiary/aromatic N) is 2. The number of para-hydroxylation sites is 1. The number of carbonyl (C=O) groups is 2. The van der Waals surface area contributed by atoms with Gasteiger partial charge in [0, 0.05) is 17.3 Å². The molecule has 6 nitrogen and oxygen atoms in total. The zero-order chi connectivity index (χ0) is 21.1. The largest absolute Gasteiger partial charge is 0.325 e. The maximum absolute atomic E-state index is 12.9. The van der Waals surface area contributed by atoms with E-state index in [1.807, 2.05) is 26.0 Å². The highest BCUT2D eigenvalue weighted by atomic mass is 32.2. The first kappa shape index (κ1) is 20.8. The van der Waals surface area contributed by atoms with Crippen molar-refractivity contribution in [2.75, 3.05) is 5.32 Å². The molecular formula is C22H23N3O3S. The molecule has 3 rings (SSSR count). The molecule has 1 atom stereocenters. The molecular weight excluding hydrogens is 386 g/mol. The Hall–Kier alpha value is -2.93. The first-order valence-corrected chi connectivity index (χ1v) is 10.3. The van der Waals surface area contributed by atoms with E-state index < -0.39 is 5.25 Å². The van der Waals surface area contributed by atoms with Crippen LogP contribution in [-0.2, 0) is 4.79 Å². The monoisotopic (exact) mass is 409 g/mol. The molecule has 1 heterocycles. The molecule has 0 aliphatic rings. The zero-order valence-electron chi connectivity index (χ0n) is 16.8. The Bertz CT molecular complexity index is 1140. The number of anilines is 1. The number of hydrogen-bond acceptors (Lipinski definition) is 5. The lowest BCUT2D eigenvalue weighted by atomic mass is 10.1. The van der Waals surface area contributed by atoms with Crippen LogP contribution in [0.5, 0.6) is 0 Å². The predicted molar refractivity (Wildman–Crippen MR) is 117 cm³/mol. The third kappa shape index (κ3) is 4.56. The van der Waals surface area contributed by atoms with Gasteiger partial charge < -0.3 is 5.32 Å². The molecule has 150 valence electrons. The minimum absolute atomic E-state index is 0.0650. The summed E-state index contributed by atoms with van der Waals surface area (Å²) in [7, 11) is 0. The van der Waals surface area contributed by atoms with Crippen LogP contribution in [0, 0.1) is 0 Å². The average molecular weight is 410 g/mol. The topological polar surface area (TPSA) is 81.1 Å². The van der Waals surface area contributed by atoms with Crippen molar-refractivity contribution >= 4 is 40.0 Å². The van der Waals surface area contributed by atoms with Crippen LogP contribution in [0.2, 0.25) is 0 Å². The van der Waals surface area contributed by atoms with Crippen molar-refractivity contribution in [3.8, 4) is 0 Å². The van der Waals surface area contributed by atoms with Gasteiger partial charge in [0.25, 0.3) is 5.56 Å². The van der Waals surface area contributed by atoms with Crippen LogP contribution in [0.3, 0.4) is 0 Å². The van der Waals surface area contributed by atoms with Gasteiger partial charge in [-0.05, 0) is 52.0 Å². The van der Waals surface area contributed by atoms with Crippen LogP contribution in [-0.4, -0.2) is 26.5 Å². The summed E-state index contributed by atoms with van der Waals surface area (Å²) in [6.45, 7) is 7.08. The van der Waals surface area contributed by atoms with E-state index >= 15 is 0 Å². The molecule has 0 fully saturated rings. The summed E-state index contributed by atoms with van der Waals surface area (Å²) in [4.78, 5) is 41.8. The van der Waals surface area contributed by atoms with Crippen molar-refractivity contribution in [1.82, 2.24) is 9.55 Å². The summed E-state index contributed by atoms with van der Waals surface area (Å²) in [6, 6.07) is 13.9. The second kappa shape index (κ2) is 8.61. The molecule has 1 aromatic heterocycles. The van der Waals surface area contributed by atoms with Crippen molar-refractivity contribution in [1.29, 1.82) is 0 Å². The number of fused-ring (bicyclic) bond motifs is 1. The summed E-state index contributed by atoms with van der Waals surface area (Å²) in [5, 5.41) is 3.40. The average Bonchev–Trinajstić information content (AvgIpc) is 2.68. The summed E-state index contributed by atoms with van der Waals surface area (Å²) in [5.41, 5.74) is 1.59. The van der Waals surface area contributed by atoms with Gasteiger partial charge in [0.15, 0.2) is 10.9 Å². The van der Waals surface area contributed by atoms with E-state index in [0.717, 1.165) is 0 Å². The normalized spacial score (nSPS) is 12.2. The van der Waals surface area contributed by atoms with Gasteiger partial charge in [-0.2, -0.15) is 0 Å². The van der Waals surface area contributed by atoms with Gasteiger partial charge in [-0.15, -0.1) is 0 Å². The van der Waals surface area contributed by atoms with Crippen LogP contribution in [0.1, 0.15) is 44.1 Å². The van der Waals surface area contributed by atoms with Crippen molar-refractivity contribution in [3.63, 3.8) is 0 Å². The van der Waals surface area contributed by atoms with Crippen LogP contribution in [0.15, 0.2) is 58.5 Å². The molecule has 0 saturated heterocycles. The Labute approximate surface area is 173 Å². The zero-order valence-corrected chi connectivity index (χ0v) is 17.6. The fraction of sp³-hybridized carbons (Fsp3) is 0.273. The molecule has 7 heteroatoms. The number of amides is 1. The molecule has 2 aromatic carbocycles. The molecule has 1 amide bonds. The van der Waals surface area contributed by atoms with Gasteiger partial charge in [-0.1, -0.05) is 36.0 Å². The first-order valence-electron chi connectivity index (χ1n) is 9.37. The summed E-state index contributed by atoms with van der Waals surface area (Å²) < 4.78 is 1.62. The molecule has 0 bridgehead atoms. The molecule has 0 unspecified atom stereocenters. The van der Waals surface area contributed by atoms with E-state index in [-0.39, 0.29) is 23.3 Å². The molecule has 0 aliphatic carbocycles. The number of Topliss-reactive ketones (excluding diaryl/α,β-unsaturated/α-hetero) is 1. The maximum Gasteiger partial charge on any atom is 0.262 e. The second-order valence-electron chi connectivity index (χ2n) is 7.07. The number of carbonyl (C=O) groups excluding carboxylic acids is 2. The van der Waals surface area contributed by atoms with Crippen molar-refractivity contribution < 1.29 is 9.59 Å². The molecule has 29 heavy (non-hydrogen) atoms. The molecule has 3 aromatic rings. The number of nitrogens with one attached hydrogen (secondary N) is 1. The van der Waals surface area contributed by atoms with E-state index in [0.29, 0.717) is 27.3 Å². The number of aromatic nitrogens is 2. The van der Waals surface area contributed by atoms with E-state index in [9.17, 15) is 14.4 Å². The first-order chi connectivity index (χ1) is 13.8. The van der Waals surface area contributed by atoms with Gasteiger partial charge in [0.1, 0.15) is 0 Å². The van der Waals surface area contributed by atoms with Crippen LogP contribution in [0.25, 0.3) is 10.9 Å². The highest BCUT2D eigenvalue weighted by Crippen LogP contribution is 2.25. The number of hydrogen-bond donors (Lipinski definition) is 1. The highest BCUT2D eigenvalue weighted by Gasteiger charge is 2.21. The molecule has 0 radical (unpaired) electrons. The van der Waals surface area contributed by atoms with Gasteiger partial charge in [0.2, 0.25) is 5.91 Å². The highest BCUT2D eigenvalue weighted by molar-refractivity contribution is 8.00. The molecule has 0 saturated carbocycles. The predicted octanol–water partition coefficient (Wildman–Crippen LogP) is 4.30. The van der Waals surface area contributed by atoms with Crippen molar-refractivity contribution in [3.05, 3.63) is 64.4 Å². The fourth-order valence-corrected chi connectivity index (χ4v) is 3.98. The van der Waals surface area contributed by atoms with Gasteiger partial charge in [0.05, 0.1) is 16.2 Å². The number of benzene rings is 2. The summed E-state index contributed by atoms with van der Waals surface area (Å²) in [6.07, 6.45) is 0. The second-order valence-corrected chi connectivity index (χ2v) is 8.37. The minimum Gasteiger partial charge on any atom is -0.325 e. The third-order valence-electron chi connectivity index (χ3n) is 4.48. The molecule has 1 N–H and O–H groups in total. The quantitative estimate of drug-likeness (QED) is 0.373. The van der Waals surface area contributed by atoms with E-state index in [4.69, 9.17) is 0 Å². The number of rotatable bonds is 6. The smallest absolute Gasteiger partial charge is 0.262 e. The fourth-order valence-electron chi connectivity index (χ4n) is 2.94. The Morgan fingerprint density at radius 1 is 1.07 bits per heavy atom. The Morgan fingerprint density at radius 2 is 1.79 bits per heavy atom. The lowest BCUT2D eigenvalue weighted by Gasteiger charge is -2.18. The SMILES string of the molecule is CC(=O)c1cccc(NC(=O)[C@@H](C)Sc2nc3ccccc3c(=O)n2C(C)C)c1. The van der Waals surface area contributed by atoms with Gasteiger partial charge >= 0.3 is 0 Å². The lowest BCUT2D eigenvalue weighted by Crippen LogP contribution is -2.28. The van der Waals surface area contributed by atoms with Crippen molar-refractivity contribution in [2.45, 2.75) is 44.1 Å². The molecule has 0 aliphatic heterocycles. The van der Waals surface area contributed by atoms with Crippen molar-refractivity contribution in [2.24, 2.45) is 0 Å². The number of thioether (sulfide) groups is 1. The third-order valence-corrected chi connectivity index (χ3v) is 5.55. The van der Waals surface area contributed by atoms with E-state index in [1.165, 1.54) is 18.7 Å². The standard InChI is InChI=1S/C22H23N3O3S/c1-13(2)25-21(28)18-10-5-6-11-19(18)24-22(25)29-15(4)20(27)23-17-9-7-8-16(12-17)14(3)26/h5-13,15H,1-4H3,(H,23,27)/t15-/m1/s1. The number of ketones is 1. The Kier molecular flexibility index (Phi) is 6.17. The minimum atomic E-state index is -0.492. The Morgan fingerprint density at radius 3 is 2.48 bits per heavy atom. The summed E-state index contributed by atoms with van der Waals surface area (Å²) in [5.74, 6) is -0.293. The van der Waals surface area contributed by atoms with E-state index in [2.05, 4.69) is 10.3 Å².